The summed E-state index contributed by atoms with van der Waals surface area (Å²) in [6, 6.07) is 6.22. The highest BCUT2D eigenvalue weighted by Crippen LogP contribution is 2.18. The van der Waals surface area contributed by atoms with Gasteiger partial charge in [-0.1, -0.05) is 18.2 Å². The van der Waals surface area contributed by atoms with Gasteiger partial charge in [0, 0.05) is 6.61 Å². The molecular weight excluding hydrogens is 174 g/mol. The molecule has 0 fully saturated rings. The Morgan fingerprint density at radius 2 is 2.07 bits per heavy atom. The third kappa shape index (κ3) is 2.56. The molecule has 0 saturated heterocycles. The van der Waals surface area contributed by atoms with Crippen LogP contribution >= 0.6 is 0 Å². The zero-order chi connectivity index (χ0) is 10.6. The number of hydrogen-bond donors (Lipinski definition) is 1. The van der Waals surface area contributed by atoms with Gasteiger partial charge in [0.25, 0.3) is 0 Å². The molecule has 2 nitrogen and oxygen atoms in total. The number of ether oxygens (including phenoxy) is 1. The van der Waals surface area contributed by atoms with Crippen LogP contribution in [0.15, 0.2) is 18.2 Å². The predicted molar refractivity (Wildman–Crippen MR) is 59.3 cm³/mol. The van der Waals surface area contributed by atoms with Gasteiger partial charge < -0.3 is 10.5 Å². The fourth-order valence-corrected chi connectivity index (χ4v) is 1.51. The number of benzene rings is 1. The summed E-state index contributed by atoms with van der Waals surface area (Å²) in [6.07, 6.45) is 0. The zero-order valence-corrected chi connectivity index (χ0v) is 9.21. The van der Waals surface area contributed by atoms with E-state index in [1.807, 2.05) is 13.0 Å². The van der Waals surface area contributed by atoms with E-state index in [2.05, 4.69) is 26.0 Å². The summed E-state index contributed by atoms with van der Waals surface area (Å²) < 4.78 is 5.32. The minimum absolute atomic E-state index is 0.00477. The topological polar surface area (TPSA) is 35.2 Å². The second kappa shape index (κ2) is 5.13. The molecule has 1 atom stereocenters. The molecule has 1 aromatic carbocycles. The van der Waals surface area contributed by atoms with Crippen molar-refractivity contribution in [3.63, 3.8) is 0 Å². The van der Waals surface area contributed by atoms with E-state index < -0.39 is 0 Å². The minimum Gasteiger partial charge on any atom is -0.380 e. The number of aryl methyl sites for hydroxylation is 1. The van der Waals surface area contributed by atoms with Crippen LogP contribution in [0, 0.1) is 13.8 Å². The van der Waals surface area contributed by atoms with Gasteiger partial charge in [-0.15, -0.1) is 0 Å². The monoisotopic (exact) mass is 193 g/mol. The Labute approximate surface area is 86.1 Å². The van der Waals surface area contributed by atoms with E-state index in [4.69, 9.17) is 10.5 Å². The average Bonchev–Trinajstić information content (AvgIpc) is 2.18. The Morgan fingerprint density at radius 1 is 1.36 bits per heavy atom. The fourth-order valence-electron chi connectivity index (χ4n) is 1.51. The lowest BCUT2D eigenvalue weighted by Crippen LogP contribution is -2.18. The van der Waals surface area contributed by atoms with Gasteiger partial charge in [-0.25, -0.2) is 0 Å². The molecule has 0 amide bonds. The Kier molecular flexibility index (Phi) is 4.11. The quantitative estimate of drug-likeness (QED) is 0.796. The lowest BCUT2D eigenvalue weighted by atomic mass is 9.98. The Bertz CT molecular complexity index is 296. The molecule has 0 spiro atoms. The third-order valence-corrected chi connectivity index (χ3v) is 2.55. The van der Waals surface area contributed by atoms with Crippen molar-refractivity contribution in [2.45, 2.75) is 26.8 Å². The van der Waals surface area contributed by atoms with E-state index >= 15 is 0 Å². The van der Waals surface area contributed by atoms with Crippen LogP contribution in [0.2, 0.25) is 0 Å². The summed E-state index contributed by atoms with van der Waals surface area (Å²) in [5.41, 5.74) is 9.78. The number of nitrogens with two attached hydrogens (primary N) is 1. The molecule has 2 N–H and O–H groups in total. The van der Waals surface area contributed by atoms with Crippen molar-refractivity contribution in [3.8, 4) is 0 Å². The van der Waals surface area contributed by atoms with E-state index in [9.17, 15) is 0 Å². The largest absolute Gasteiger partial charge is 0.380 e. The molecule has 0 bridgehead atoms. The maximum absolute atomic E-state index is 6.03. The first-order valence-electron chi connectivity index (χ1n) is 5.06. The van der Waals surface area contributed by atoms with Gasteiger partial charge in [-0.05, 0) is 37.5 Å². The lowest BCUT2D eigenvalue weighted by molar-refractivity contribution is 0.133. The second-order valence-electron chi connectivity index (χ2n) is 3.56. The van der Waals surface area contributed by atoms with Crippen LogP contribution in [-0.4, -0.2) is 13.2 Å². The molecule has 78 valence electrons. The third-order valence-electron chi connectivity index (χ3n) is 2.55. The number of hydrogen-bond acceptors (Lipinski definition) is 2. The van der Waals surface area contributed by atoms with Crippen LogP contribution in [0.4, 0.5) is 0 Å². The first-order valence-corrected chi connectivity index (χ1v) is 5.06. The van der Waals surface area contributed by atoms with Crippen LogP contribution in [0.5, 0.6) is 0 Å². The van der Waals surface area contributed by atoms with E-state index in [-0.39, 0.29) is 6.04 Å². The molecule has 0 aliphatic rings. The zero-order valence-electron chi connectivity index (χ0n) is 9.21. The molecule has 1 rings (SSSR count). The first kappa shape index (κ1) is 11.2. The van der Waals surface area contributed by atoms with Crippen molar-refractivity contribution in [2.75, 3.05) is 13.2 Å². The molecule has 0 saturated carbocycles. The van der Waals surface area contributed by atoms with Gasteiger partial charge in [0.1, 0.15) is 0 Å². The highest BCUT2D eigenvalue weighted by molar-refractivity contribution is 5.35. The SMILES string of the molecule is CCOCC(N)c1cccc(C)c1C. The fraction of sp³-hybridized carbons (Fsp3) is 0.500. The summed E-state index contributed by atoms with van der Waals surface area (Å²) in [6.45, 7) is 7.51. The van der Waals surface area contributed by atoms with Crippen molar-refractivity contribution >= 4 is 0 Å². The van der Waals surface area contributed by atoms with Crippen molar-refractivity contribution in [1.29, 1.82) is 0 Å². The van der Waals surface area contributed by atoms with Gasteiger partial charge in [0.15, 0.2) is 0 Å². The maximum Gasteiger partial charge on any atom is 0.0659 e. The summed E-state index contributed by atoms with van der Waals surface area (Å²) in [5.74, 6) is 0. The minimum atomic E-state index is -0.00477. The molecule has 14 heavy (non-hydrogen) atoms. The Morgan fingerprint density at radius 3 is 2.71 bits per heavy atom. The van der Waals surface area contributed by atoms with Gasteiger partial charge in [0.05, 0.1) is 12.6 Å². The molecule has 0 radical (unpaired) electrons. The van der Waals surface area contributed by atoms with Crippen LogP contribution in [0.25, 0.3) is 0 Å². The molecule has 0 heterocycles. The van der Waals surface area contributed by atoms with E-state index in [0.29, 0.717) is 6.61 Å². The van der Waals surface area contributed by atoms with Gasteiger partial charge in [0.2, 0.25) is 0 Å². The summed E-state index contributed by atoms with van der Waals surface area (Å²) in [7, 11) is 0. The van der Waals surface area contributed by atoms with E-state index in [0.717, 1.165) is 6.61 Å². The van der Waals surface area contributed by atoms with Crippen molar-refractivity contribution in [1.82, 2.24) is 0 Å². The summed E-state index contributed by atoms with van der Waals surface area (Å²) in [5, 5.41) is 0. The highest BCUT2D eigenvalue weighted by atomic mass is 16.5. The van der Waals surface area contributed by atoms with Crippen LogP contribution in [0.3, 0.4) is 0 Å². The molecule has 2 heteroatoms. The average molecular weight is 193 g/mol. The van der Waals surface area contributed by atoms with Gasteiger partial charge in [-0.2, -0.15) is 0 Å². The maximum atomic E-state index is 6.03. The predicted octanol–water partition coefficient (Wildman–Crippen LogP) is 2.34. The van der Waals surface area contributed by atoms with Gasteiger partial charge in [-0.3, -0.25) is 0 Å². The molecule has 0 aromatic heterocycles. The number of rotatable bonds is 4. The van der Waals surface area contributed by atoms with E-state index in [1.54, 1.807) is 0 Å². The van der Waals surface area contributed by atoms with Crippen molar-refractivity contribution in [3.05, 3.63) is 34.9 Å². The van der Waals surface area contributed by atoms with Crippen LogP contribution in [0.1, 0.15) is 29.7 Å². The smallest absolute Gasteiger partial charge is 0.0659 e. The Balaban J connectivity index is 2.79. The van der Waals surface area contributed by atoms with Gasteiger partial charge >= 0.3 is 0 Å². The standard InChI is InChI=1S/C12H19NO/c1-4-14-8-12(13)11-7-5-6-9(2)10(11)3/h5-7,12H,4,8,13H2,1-3H3. The van der Waals surface area contributed by atoms with Crippen molar-refractivity contribution < 1.29 is 4.74 Å². The van der Waals surface area contributed by atoms with Crippen LogP contribution < -0.4 is 5.73 Å². The molecule has 1 aromatic rings. The normalized spacial score (nSPS) is 12.9. The second-order valence-corrected chi connectivity index (χ2v) is 3.56. The lowest BCUT2D eigenvalue weighted by Gasteiger charge is -2.15. The molecule has 0 aliphatic heterocycles. The molecule has 1 unspecified atom stereocenters. The van der Waals surface area contributed by atoms with E-state index in [1.165, 1.54) is 16.7 Å². The van der Waals surface area contributed by atoms with Crippen LogP contribution in [-0.2, 0) is 4.74 Å². The first-order chi connectivity index (χ1) is 6.66. The molecule has 0 aliphatic carbocycles. The summed E-state index contributed by atoms with van der Waals surface area (Å²) >= 11 is 0. The Hall–Kier alpha value is -0.860. The van der Waals surface area contributed by atoms with Crippen molar-refractivity contribution in [2.24, 2.45) is 5.73 Å². The molecular formula is C12H19NO. The summed E-state index contributed by atoms with van der Waals surface area (Å²) in [4.78, 5) is 0. The highest BCUT2D eigenvalue weighted by Gasteiger charge is 2.09.